The lowest BCUT2D eigenvalue weighted by Gasteiger charge is -2.18. The Morgan fingerprint density at radius 1 is 1.19 bits per heavy atom. The minimum atomic E-state index is 0.0298. The zero-order valence-corrected chi connectivity index (χ0v) is 16.6. The molecular formula is C19H18N4O2S2. The molecule has 8 heteroatoms. The Morgan fingerprint density at radius 3 is 2.81 bits per heavy atom. The van der Waals surface area contributed by atoms with Crippen LogP contribution in [0.2, 0.25) is 0 Å². The predicted octanol–water partition coefficient (Wildman–Crippen LogP) is 3.70. The monoisotopic (exact) mass is 398 g/mol. The molecule has 0 aliphatic rings. The number of hydrogen-bond acceptors (Lipinski definition) is 6. The standard InChI is InChI=1S/C19H18N4O2S2/c1-22(11-13-7-3-5-9-15(13)25-2)17(24)12-26-18-20-21-19-23(18)14-8-4-6-10-16(14)27-19/h3-10H,11-12H2,1-2H3. The first kappa shape index (κ1) is 17.8. The molecule has 1 amide bonds. The molecule has 0 aliphatic carbocycles. The van der Waals surface area contributed by atoms with Gasteiger partial charge in [0, 0.05) is 19.2 Å². The van der Waals surface area contributed by atoms with Crippen LogP contribution in [0.3, 0.4) is 0 Å². The van der Waals surface area contributed by atoms with E-state index in [1.54, 1.807) is 30.4 Å². The van der Waals surface area contributed by atoms with Gasteiger partial charge in [-0.1, -0.05) is 53.4 Å². The molecule has 0 atom stereocenters. The number of hydrogen-bond donors (Lipinski definition) is 0. The van der Waals surface area contributed by atoms with Gasteiger partial charge in [-0.2, -0.15) is 0 Å². The van der Waals surface area contributed by atoms with Crippen molar-refractivity contribution in [3.8, 4) is 5.75 Å². The van der Waals surface area contributed by atoms with E-state index in [0.29, 0.717) is 12.3 Å². The van der Waals surface area contributed by atoms with E-state index in [1.165, 1.54) is 11.8 Å². The summed E-state index contributed by atoms with van der Waals surface area (Å²) in [4.78, 5) is 15.1. The van der Waals surface area contributed by atoms with Crippen molar-refractivity contribution in [3.05, 3.63) is 54.1 Å². The van der Waals surface area contributed by atoms with Gasteiger partial charge in [0.1, 0.15) is 5.75 Å². The highest BCUT2D eigenvalue weighted by molar-refractivity contribution is 7.99. The number of fused-ring (bicyclic) bond motifs is 3. The minimum Gasteiger partial charge on any atom is -0.496 e. The van der Waals surface area contributed by atoms with Crippen molar-refractivity contribution >= 4 is 44.2 Å². The lowest BCUT2D eigenvalue weighted by molar-refractivity contribution is -0.127. The molecular weight excluding hydrogens is 380 g/mol. The van der Waals surface area contributed by atoms with Gasteiger partial charge in [0.2, 0.25) is 10.9 Å². The predicted molar refractivity (Wildman–Crippen MR) is 109 cm³/mol. The van der Waals surface area contributed by atoms with Gasteiger partial charge in [-0.3, -0.25) is 9.20 Å². The molecule has 2 aromatic carbocycles. The summed E-state index contributed by atoms with van der Waals surface area (Å²) >= 11 is 3.00. The summed E-state index contributed by atoms with van der Waals surface area (Å²) in [7, 11) is 3.44. The van der Waals surface area contributed by atoms with Gasteiger partial charge in [-0.05, 0) is 18.2 Å². The number of carbonyl (C=O) groups is 1. The molecule has 138 valence electrons. The SMILES string of the molecule is COc1ccccc1CN(C)C(=O)CSc1nnc2sc3ccccc3n12. The van der Waals surface area contributed by atoms with Crippen LogP contribution in [-0.4, -0.2) is 45.3 Å². The average molecular weight is 399 g/mol. The Hall–Kier alpha value is -2.58. The molecule has 0 spiro atoms. The second-order valence-electron chi connectivity index (χ2n) is 6.02. The molecule has 0 radical (unpaired) electrons. The van der Waals surface area contributed by atoms with E-state index < -0.39 is 0 Å². The van der Waals surface area contributed by atoms with Gasteiger partial charge in [-0.25, -0.2) is 0 Å². The number of aromatic nitrogens is 3. The molecule has 0 bridgehead atoms. The summed E-state index contributed by atoms with van der Waals surface area (Å²) in [6.45, 7) is 0.500. The highest BCUT2D eigenvalue weighted by atomic mass is 32.2. The molecule has 4 rings (SSSR count). The second-order valence-corrected chi connectivity index (χ2v) is 7.97. The lowest BCUT2D eigenvalue weighted by Crippen LogP contribution is -2.28. The van der Waals surface area contributed by atoms with Crippen LogP contribution in [-0.2, 0) is 11.3 Å². The Bertz CT molecular complexity index is 1110. The Kier molecular flexibility index (Phi) is 5.00. The molecule has 6 nitrogen and oxygen atoms in total. The Labute approximate surface area is 164 Å². The fourth-order valence-electron chi connectivity index (χ4n) is 2.86. The van der Waals surface area contributed by atoms with E-state index in [4.69, 9.17) is 4.74 Å². The van der Waals surface area contributed by atoms with E-state index in [2.05, 4.69) is 16.3 Å². The Morgan fingerprint density at radius 2 is 1.96 bits per heavy atom. The van der Waals surface area contributed by atoms with Crippen LogP contribution in [0, 0.1) is 0 Å². The van der Waals surface area contributed by atoms with Crippen molar-refractivity contribution in [2.24, 2.45) is 0 Å². The lowest BCUT2D eigenvalue weighted by atomic mass is 10.2. The van der Waals surface area contributed by atoms with E-state index in [-0.39, 0.29) is 5.91 Å². The number of rotatable bonds is 6. The van der Waals surface area contributed by atoms with E-state index in [9.17, 15) is 4.79 Å². The summed E-state index contributed by atoms with van der Waals surface area (Å²) < 4.78 is 8.53. The number of benzene rings is 2. The fourth-order valence-corrected chi connectivity index (χ4v) is 4.77. The van der Waals surface area contributed by atoms with Gasteiger partial charge < -0.3 is 9.64 Å². The van der Waals surface area contributed by atoms with Crippen LogP contribution < -0.4 is 4.74 Å². The first-order chi connectivity index (χ1) is 13.2. The number of amides is 1. The summed E-state index contributed by atoms with van der Waals surface area (Å²) in [5.41, 5.74) is 2.05. The summed E-state index contributed by atoms with van der Waals surface area (Å²) in [5, 5.41) is 9.22. The molecule has 0 N–H and O–H groups in total. The Balaban J connectivity index is 1.47. The third-order valence-electron chi connectivity index (χ3n) is 4.26. The van der Waals surface area contributed by atoms with Crippen molar-refractivity contribution in [1.29, 1.82) is 0 Å². The van der Waals surface area contributed by atoms with Crippen LogP contribution in [0.15, 0.2) is 53.7 Å². The minimum absolute atomic E-state index is 0.0298. The van der Waals surface area contributed by atoms with Crippen LogP contribution >= 0.6 is 23.1 Å². The van der Waals surface area contributed by atoms with Gasteiger partial charge in [-0.15, -0.1) is 10.2 Å². The first-order valence-electron chi connectivity index (χ1n) is 8.38. The highest BCUT2D eigenvalue weighted by Gasteiger charge is 2.16. The molecule has 4 aromatic rings. The normalized spacial score (nSPS) is 11.2. The largest absolute Gasteiger partial charge is 0.496 e. The smallest absolute Gasteiger partial charge is 0.233 e. The molecule has 0 saturated carbocycles. The van der Waals surface area contributed by atoms with Crippen molar-refractivity contribution in [2.45, 2.75) is 11.7 Å². The van der Waals surface area contributed by atoms with Crippen molar-refractivity contribution in [1.82, 2.24) is 19.5 Å². The molecule has 0 fully saturated rings. The first-order valence-corrected chi connectivity index (χ1v) is 10.2. The van der Waals surface area contributed by atoms with Gasteiger partial charge in [0.15, 0.2) is 5.16 Å². The van der Waals surface area contributed by atoms with Crippen LogP contribution in [0.5, 0.6) is 5.75 Å². The summed E-state index contributed by atoms with van der Waals surface area (Å²) in [5.74, 6) is 1.12. The molecule has 27 heavy (non-hydrogen) atoms. The topological polar surface area (TPSA) is 59.7 Å². The third kappa shape index (κ3) is 3.50. The van der Waals surface area contributed by atoms with Gasteiger partial charge in [0.25, 0.3) is 0 Å². The summed E-state index contributed by atoms with van der Waals surface area (Å²) in [6, 6.07) is 15.8. The van der Waals surface area contributed by atoms with E-state index >= 15 is 0 Å². The van der Waals surface area contributed by atoms with Gasteiger partial charge in [0.05, 0.1) is 23.1 Å². The second kappa shape index (κ2) is 7.58. The number of ether oxygens (including phenoxy) is 1. The van der Waals surface area contributed by atoms with Crippen molar-refractivity contribution in [3.63, 3.8) is 0 Å². The molecule has 2 heterocycles. The molecule has 0 unspecified atom stereocenters. The van der Waals surface area contributed by atoms with Crippen LogP contribution in [0.1, 0.15) is 5.56 Å². The van der Waals surface area contributed by atoms with Crippen LogP contribution in [0.25, 0.3) is 15.2 Å². The maximum Gasteiger partial charge on any atom is 0.233 e. The van der Waals surface area contributed by atoms with Gasteiger partial charge >= 0.3 is 0 Å². The third-order valence-corrected chi connectivity index (χ3v) is 6.19. The van der Waals surface area contributed by atoms with E-state index in [1.807, 2.05) is 46.9 Å². The van der Waals surface area contributed by atoms with Crippen molar-refractivity contribution < 1.29 is 9.53 Å². The number of para-hydroxylation sites is 2. The average Bonchev–Trinajstić information content (AvgIpc) is 3.25. The summed E-state index contributed by atoms with van der Waals surface area (Å²) in [6.07, 6.45) is 0. The molecule has 0 aliphatic heterocycles. The number of carbonyl (C=O) groups excluding carboxylic acids is 1. The number of thioether (sulfide) groups is 1. The zero-order valence-electron chi connectivity index (χ0n) is 15.0. The zero-order chi connectivity index (χ0) is 18.8. The van der Waals surface area contributed by atoms with Crippen molar-refractivity contribution in [2.75, 3.05) is 19.9 Å². The quantitative estimate of drug-likeness (QED) is 0.464. The number of thiazole rings is 1. The number of methoxy groups -OCH3 is 1. The molecule has 2 aromatic heterocycles. The van der Waals surface area contributed by atoms with Crippen LogP contribution in [0.4, 0.5) is 0 Å². The number of nitrogens with zero attached hydrogens (tertiary/aromatic N) is 4. The highest BCUT2D eigenvalue weighted by Crippen LogP contribution is 2.29. The molecule has 0 saturated heterocycles. The fraction of sp³-hybridized carbons (Fsp3) is 0.211. The maximum absolute atomic E-state index is 12.6. The van der Waals surface area contributed by atoms with E-state index in [0.717, 1.165) is 31.6 Å². The maximum atomic E-state index is 12.6.